The van der Waals surface area contributed by atoms with Crippen LogP contribution in [0, 0.1) is 0 Å². The first-order valence-corrected chi connectivity index (χ1v) is 10.8. The summed E-state index contributed by atoms with van der Waals surface area (Å²) in [5.74, 6) is 1.69. The molecule has 2 aliphatic rings. The molecule has 0 aromatic heterocycles. The molecule has 0 saturated carbocycles. The van der Waals surface area contributed by atoms with Crippen molar-refractivity contribution in [2.45, 2.75) is 43.8 Å². The average molecular weight is 369 g/mol. The van der Waals surface area contributed by atoms with Crippen molar-refractivity contribution >= 4 is 34.4 Å². The summed E-state index contributed by atoms with van der Waals surface area (Å²) in [6.07, 6.45) is 0. The van der Waals surface area contributed by atoms with E-state index < -0.39 is 28.3 Å². The Hall–Kier alpha value is -0.535. The van der Waals surface area contributed by atoms with Gasteiger partial charge in [-0.2, -0.15) is 16.1 Å². The van der Waals surface area contributed by atoms with Gasteiger partial charge in [-0.25, -0.2) is 8.42 Å². The number of nitrogens with zero attached hydrogens (tertiary/aromatic N) is 1. The van der Waals surface area contributed by atoms with E-state index in [-0.39, 0.29) is 0 Å². The Balaban J connectivity index is 1.88. The van der Waals surface area contributed by atoms with Gasteiger partial charge in [0.25, 0.3) is 0 Å². The summed E-state index contributed by atoms with van der Waals surface area (Å²) in [5.41, 5.74) is -0.158. The third-order valence-electron chi connectivity index (χ3n) is 4.99. The molecule has 0 unspecified atom stereocenters. The Bertz CT molecular complexity index is 699. The van der Waals surface area contributed by atoms with Gasteiger partial charge in [0, 0.05) is 24.6 Å². The molecular weight excluding hydrogens is 345 g/mol. The zero-order valence-electron chi connectivity index (χ0n) is 14.6. The summed E-state index contributed by atoms with van der Waals surface area (Å²) >= 11 is 1.79. The van der Waals surface area contributed by atoms with Crippen molar-refractivity contribution in [3.05, 3.63) is 24.3 Å². The molecule has 5 nitrogen and oxygen atoms in total. The summed E-state index contributed by atoms with van der Waals surface area (Å²) in [6, 6.07) is 6.93. The minimum Gasteiger partial charge on any atom is -0.399 e. The second kappa shape index (κ2) is 6.32. The first-order chi connectivity index (χ1) is 11.1. The van der Waals surface area contributed by atoms with Gasteiger partial charge in [-0.1, -0.05) is 12.1 Å². The molecule has 0 radical (unpaired) electrons. The standard InChI is InChI=1S/C16H24BNO4S2/c1-15(2)16(3,4)22-17(21-15)13-6-5-7-14(12-13)24(19,20)18-8-10-23-11-9-18/h5-7,12H,8-11H2,1-4H3. The van der Waals surface area contributed by atoms with Crippen molar-refractivity contribution in [1.29, 1.82) is 0 Å². The van der Waals surface area contributed by atoms with Crippen LogP contribution in [0.1, 0.15) is 27.7 Å². The van der Waals surface area contributed by atoms with Crippen molar-refractivity contribution in [3.8, 4) is 0 Å². The smallest absolute Gasteiger partial charge is 0.399 e. The fourth-order valence-corrected chi connectivity index (χ4v) is 5.37. The van der Waals surface area contributed by atoms with E-state index in [1.54, 1.807) is 34.3 Å². The number of hydrogen-bond donors (Lipinski definition) is 0. The van der Waals surface area contributed by atoms with Gasteiger partial charge in [-0.3, -0.25) is 0 Å². The SMILES string of the molecule is CC1(C)OB(c2cccc(S(=O)(=O)N3CCSCC3)c2)OC1(C)C. The molecule has 132 valence electrons. The third-order valence-corrected chi connectivity index (χ3v) is 7.83. The first-order valence-electron chi connectivity index (χ1n) is 8.17. The number of sulfonamides is 1. The zero-order chi connectivity index (χ0) is 17.6. The first kappa shape index (κ1) is 18.3. The van der Waals surface area contributed by atoms with Gasteiger partial charge in [0.05, 0.1) is 16.1 Å². The van der Waals surface area contributed by atoms with E-state index in [1.165, 1.54) is 0 Å². The van der Waals surface area contributed by atoms with Gasteiger partial charge in [-0.15, -0.1) is 0 Å². The van der Waals surface area contributed by atoms with E-state index in [0.717, 1.165) is 17.0 Å². The van der Waals surface area contributed by atoms with Crippen molar-refractivity contribution in [1.82, 2.24) is 4.31 Å². The van der Waals surface area contributed by atoms with E-state index in [2.05, 4.69) is 0 Å². The normalized spacial score (nSPS) is 24.2. The van der Waals surface area contributed by atoms with Crippen LogP contribution in [0.4, 0.5) is 0 Å². The number of thioether (sulfide) groups is 1. The maximum Gasteiger partial charge on any atom is 0.494 e. The van der Waals surface area contributed by atoms with Crippen LogP contribution in [0.3, 0.4) is 0 Å². The summed E-state index contributed by atoms with van der Waals surface area (Å²) < 4.78 is 39.3. The molecule has 3 rings (SSSR count). The highest BCUT2D eigenvalue weighted by Gasteiger charge is 2.51. The molecule has 24 heavy (non-hydrogen) atoms. The van der Waals surface area contributed by atoms with Crippen molar-refractivity contribution in [3.63, 3.8) is 0 Å². The van der Waals surface area contributed by atoms with Crippen molar-refractivity contribution in [2.24, 2.45) is 0 Å². The van der Waals surface area contributed by atoms with Crippen LogP contribution in [0.5, 0.6) is 0 Å². The molecule has 2 saturated heterocycles. The van der Waals surface area contributed by atoms with Gasteiger partial charge >= 0.3 is 7.12 Å². The molecule has 0 aliphatic carbocycles. The lowest BCUT2D eigenvalue weighted by molar-refractivity contribution is 0.00578. The van der Waals surface area contributed by atoms with Crippen LogP contribution in [0.2, 0.25) is 0 Å². The molecule has 1 aromatic carbocycles. The second-order valence-electron chi connectivity index (χ2n) is 7.18. The highest BCUT2D eigenvalue weighted by atomic mass is 32.2. The van der Waals surface area contributed by atoms with Gasteiger partial charge in [-0.05, 0) is 45.3 Å². The van der Waals surface area contributed by atoms with Crippen LogP contribution in [-0.4, -0.2) is 55.6 Å². The van der Waals surface area contributed by atoms with Gasteiger partial charge in [0.1, 0.15) is 0 Å². The minimum absolute atomic E-state index is 0.307. The Morgan fingerprint density at radius 1 is 1.08 bits per heavy atom. The zero-order valence-corrected chi connectivity index (χ0v) is 16.2. The number of benzene rings is 1. The van der Waals surface area contributed by atoms with Gasteiger partial charge in [0.15, 0.2) is 0 Å². The summed E-state index contributed by atoms with van der Waals surface area (Å²) in [5, 5.41) is 0. The second-order valence-corrected chi connectivity index (χ2v) is 10.3. The van der Waals surface area contributed by atoms with Crippen LogP contribution < -0.4 is 5.46 Å². The molecule has 0 N–H and O–H groups in total. The third kappa shape index (κ3) is 3.27. The largest absolute Gasteiger partial charge is 0.494 e. The Morgan fingerprint density at radius 3 is 2.25 bits per heavy atom. The molecule has 0 amide bonds. The predicted octanol–water partition coefficient (Wildman–Crippen LogP) is 1.72. The van der Waals surface area contributed by atoms with Crippen LogP contribution >= 0.6 is 11.8 Å². The highest BCUT2D eigenvalue weighted by Crippen LogP contribution is 2.36. The fraction of sp³-hybridized carbons (Fsp3) is 0.625. The monoisotopic (exact) mass is 369 g/mol. The van der Waals surface area contributed by atoms with Crippen LogP contribution in [0.15, 0.2) is 29.2 Å². The lowest BCUT2D eigenvalue weighted by Crippen LogP contribution is -2.41. The molecule has 0 spiro atoms. The van der Waals surface area contributed by atoms with E-state index in [0.29, 0.717) is 18.0 Å². The number of hydrogen-bond acceptors (Lipinski definition) is 5. The predicted molar refractivity (Wildman–Crippen MR) is 98.2 cm³/mol. The molecule has 0 atom stereocenters. The molecule has 8 heteroatoms. The topological polar surface area (TPSA) is 55.8 Å². The van der Waals surface area contributed by atoms with E-state index in [9.17, 15) is 8.42 Å². The quantitative estimate of drug-likeness (QED) is 0.760. The Kier molecular flexibility index (Phi) is 4.81. The lowest BCUT2D eigenvalue weighted by Gasteiger charge is -2.32. The van der Waals surface area contributed by atoms with Crippen molar-refractivity contribution in [2.75, 3.05) is 24.6 Å². The van der Waals surface area contributed by atoms with E-state index in [4.69, 9.17) is 9.31 Å². The van der Waals surface area contributed by atoms with Gasteiger partial charge in [0.2, 0.25) is 10.0 Å². The van der Waals surface area contributed by atoms with E-state index in [1.807, 2.05) is 33.8 Å². The molecule has 0 bridgehead atoms. The fourth-order valence-electron chi connectivity index (χ4n) is 2.74. The Labute approximate surface area is 149 Å². The average Bonchev–Trinajstić information content (AvgIpc) is 2.76. The molecule has 2 aliphatic heterocycles. The van der Waals surface area contributed by atoms with Crippen LogP contribution in [-0.2, 0) is 19.3 Å². The van der Waals surface area contributed by atoms with E-state index >= 15 is 0 Å². The van der Waals surface area contributed by atoms with Crippen LogP contribution in [0.25, 0.3) is 0 Å². The minimum atomic E-state index is -3.46. The maximum atomic E-state index is 12.8. The molecular formula is C16H24BNO4S2. The highest BCUT2D eigenvalue weighted by molar-refractivity contribution is 7.99. The molecule has 2 fully saturated rings. The lowest BCUT2D eigenvalue weighted by atomic mass is 9.79. The summed E-state index contributed by atoms with van der Waals surface area (Å²) in [7, 11) is -4.02. The maximum absolute atomic E-state index is 12.8. The summed E-state index contributed by atoms with van der Waals surface area (Å²) in [4.78, 5) is 0.307. The summed E-state index contributed by atoms with van der Waals surface area (Å²) in [6.45, 7) is 9.07. The van der Waals surface area contributed by atoms with Gasteiger partial charge < -0.3 is 9.31 Å². The molecule has 2 heterocycles. The van der Waals surface area contributed by atoms with Crippen molar-refractivity contribution < 1.29 is 17.7 Å². The Morgan fingerprint density at radius 2 is 1.67 bits per heavy atom. The number of rotatable bonds is 3. The molecule has 1 aromatic rings.